The third kappa shape index (κ3) is 8.31. The molecule has 0 bridgehead atoms. The highest BCUT2D eigenvalue weighted by molar-refractivity contribution is 6.01. The molecule has 1 aromatic carbocycles. The van der Waals surface area contributed by atoms with Crippen LogP contribution in [0.15, 0.2) is 18.2 Å². The van der Waals surface area contributed by atoms with E-state index in [-0.39, 0.29) is 36.0 Å². The minimum Gasteiger partial charge on any atom is -0.444 e. The van der Waals surface area contributed by atoms with Crippen LogP contribution in [0, 0.1) is 5.82 Å². The Morgan fingerprint density at radius 2 is 1.76 bits per heavy atom. The second kappa shape index (κ2) is 13.1. The molecule has 1 atom stereocenters. The highest BCUT2D eigenvalue weighted by Gasteiger charge is 2.31. The lowest BCUT2D eigenvalue weighted by molar-refractivity contribution is -0.134. The van der Waals surface area contributed by atoms with E-state index in [0.717, 1.165) is 13.1 Å². The van der Waals surface area contributed by atoms with Crippen molar-refractivity contribution in [2.45, 2.75) is 70.6 Å². The second-order valence-electron chi connectivity index (χ2n) is 12.1. The van der Waals surface area contributed by atoms with E-state index in [0.29, 0.717) is 69.8 Å². The summed E-state index contributed by atoms with van der Waals surface area (Å²) < 4.78 is 20.5. The number of anilines is 2. The van der Waals surface area contributed by atoms with E-state index in [9.17, 15) is 19.2 Å². The van der Waals surface area contributed by atoms with E-state index in [1.165, 1.54) is 6.07 Å². The zero-order chi connectivity index (χ0) is 29.7. The lowest BCUT2D eigenvalue weighted by atomic mass is 10.0. The minimum atomic E-state index is -0.540. The number of benzene rings is 1. The van der Waals surface area contributed by atoms with Crippen LogP contribution in [0.25, 0.3) is 0 Å². The molecule has 0 aliphatic carbocycles. The third-order valence-electron chi connectivity index (χ3n) is 7.94. The van der Waals surface area contributed by atoms with E-state index < -0.39 is 17.7 Å². The van der Waals surface area contributed by atoms with Gasteiger partial charge in [-0.05, 0) is 58.2 Å². The van der Waals surface area contributed by atoms with Crippen molar-refractivity contribution in [1.82, 2.24) is 20.4 Å². The molecule has 11 nitrogen and oxygen atoms in total. The van der Waals surface area contributed by atoms with Gasteiger partial charge in [0.1, 0.15) is 17.5 Å². The molecule has 3 aliphatic rings. The molecule has 4 rings (SSSR count). The van der Waals surface area contributed by atoms with Gasteiger partial charge in [0.25, 0.3) is 0 Å². The van der Waals surface area contributed by atoms with Crippen molar-refractivity contribution in [3.63, 3.8) is 0 Å². The van der Waals surface area contributed by atoms with Crippen LogP contribution < -0.4 is 20.4 Å². The van der Waals surface area contributed by atoms with Crippen molar-refractivity contribution >= 4 is 35.2 Å². The van der Waals surface area contributed by atoms with E-state index in [1.54, 1.807) is 24.1 Å². The first-order valence-electron chi connectivity index (χ1n) is 14.5. The second-order valence-corrected chi connectivity index (χ2v) is 12.1. The molecule has 4 amide bonds. The lowest BCUT2D eigenvalue weighted by Crippen LogP contribution is -2.51. The quantitative estimate of drug-likeness (QED) is 0.476. The smallest absolute Gasteiger partial charge is 0.407 e. The highest BCUT2D eigenvalue weighted by Crippen LogP contribution is 2.28. The van der Waals surface area contributed by atoms with Crippen molar-refractivity contribution in [3.8, 4) is 0 Å². The first-order valence-corrected chi connectivity index (χ1v) is 14.5. The summed E-state index contributed by atoms with van der Waals surface area (Å²) in [5.41, 5.74) is 0.563. The summed E-state index contributed by atoms with van der Waals surface area (Å²) in [5.74, 6) is -0.874. The molecule has 1 aromatic rings. The number of likely N-dealkylation sites (N-methyl/N-ethyl adjacent to an activating group) is 1. The number of nitrogens with one attached hydrogen (secondary N) is 2. The van der Waals surface area contributed by atoms with Gasteiger partial charge in [0, 0.05) is 77.4 Å². The molecule has 226 valence electrons. The zero-order valence-corrected chi connectivity index (χ0v) is 24.6. The van der Waals surface area contributed by atoms with E-state index >= 15 is 4.39 Å². The van der Waals surface area contributed by atoms with Crippen LogP contribution in [-0.2, 0) is 19.1 Å². The molecule has 0 radical (unpaired) electrons. The van der Waals surface area contributed by atoms with Crippen LogP contribution in [0.5, 0.6) is 0 Å². The first kappa shape index (κ1) is 30.5. The van der Waals surface area contributed by atoms with Gasteiger partial charge < -0.3 is 24.8 Å². The summed E-state index contributed by atoms with van der Waals surface area (Å²) in [6, 6.07) is 4.49. The molecule has 12 heteroatoms. The molecular formula is C29H43FN6O5. The fraction of sp³-hybridized carbons (Fsp3) is 0.655. The summed E-state index contributed by atoms with van der Waals surface area (Å²) in [6.45, 7) is 10.1. The Labute approximate surface area is 241 Å². The maximum atomic E-state index is 15.1. The summed E-state index contributed by atoms with van der Waals surface area (Å²) in [6.07, 6.45) is 2.09. The number of carbonyl (C=O) groups excluding carboxylic acids is 4. The van der Waals surface area contributed by atoms with Crippen molar-refractivity contribution in [2.24, 2.45) is 0 Å². The number of ether oxygens (including phenoxy) is 1. The van der Waals surface area contributed by atoms with E-state index in [2.05, 4.69) is 15.5 Å². The number of hydrogen-bond acceptors (Lipinski definition) is 8. The van der Waals surface area contributed by atoms with Crippen molar-refractivity contribution < 1.29 is 28.3 Å². The number of hydrogen-bond donors (Lipinski definition) is 2. The Bertz CT molecular complexity index is 1130. The fourth-order valence-electron chi connectivity index (χ4n) is 5.57. The maximum Gasteiger partial charge on any atom is 0.407 e. The van der Waals surface area contributed by atoms with Gasteiger partial charge in [0.05, 0.1) is 5.69 Å². The fourth-order valence-corrected chi connectivity index (χ4v) is 5.57. The van der Waals surface area contributed by atoms with Crippen LogP contribution in [0.4, 0.5) is 20.6 Å². The normalized spacial score (nSPS) is 21.0. The SMILES string of the molecule is CN(c1ccc(N2CCN(CCC(=O)N3CCC(NC(=O)OC(C)(C)C)CC3)CC2)c(F)c1)C1CCC(=O)NC1=O. The number of amides is 4. The Morgan fingerprint density at radius 3 is 2.37 bits per heavy atom. The predicted molar refractivity (Wildman–Crippen MR) is 153 cm³/mol. The van der Waals surface area contributed by atoms with Gasteiger partial charge in [-0.1, -0.05) is 0 Å². The van der Waals surface area contributed by atoms with Gasteiger partial charge in [0.2, 0.25) is 17.7 Å². The largest absolute Gasteiger partial charge is 0.444 e. The van der Waals surface area contributed by atoms with E-state index in [1.807, 2.05) is 30.6 Å². The third-order valence-corrected chi connectivity index (χ3v) is 7.94. The summed E-state index contributed by atoms with van der Waals surface area (Å²) in [5, 5.41) is 5.24. The number of piperazine rings is 1. The van der Waals surface area contributed by atoms with Gasteiger partial charge in [-0.3, -0.25) is 24.6 Å². The number of rotatable bonds is 7. The molecule has 0 aromatic heterocycles. The van der Waals surface area contributed by atoms with Gasteiger partial charge >= 0.3 is 6.09 Å². The van der Waals surface area contributed by atoms with Crippen LogP contribution in [0.1, 0.15) is 52.9 Å². The average molecular weight is 575 g/mol. The number of carbonyl (C=O) groups is 4. The van der Waals surface area contributed by atoms with Crippen LogP contribution in [0.2, 0.25) is 0 Å². The number of piperidine rings is 2. The Kier molecular flexibility index (Phi) is 9.72. The lowest BCUT2D eigenvalue weighted by Gasteiger charge is -2.37. The standard InChI is InChI=1S/C29H43FN6O5/c1-29(2,3)41-28(40)31-20-9-13-36(14-10-20)26(38)11-12-34-15-17-35(18-16-34)23-6-5-21(19-22(23)30)33(4)24-7-8-25(37)32-27(24)39/h5-6,19-20,24H,7-18H2,1-4H3,(H,31,40)(H,32,37,39). The topological polar surface area (TPSA) is 115 Å². The number of halogens is 1. The Morgan fingerprint density at radius 1 is 1.07 bits per heavy atom. The summed E-state index contributed by atoms with van der Waals surface area (Å²) in [4.78, 5) is 56.3. The monoisotopic (exact) mass is 574 g/mol. The number of likely N-dealkylation sites (tertiary alicyclic amines) is 1. The molecule has 0 spiro atoms. The van der Waals surface area contributed by atoms with Crippen molar-refractivity contribution in [2.75, 3.05) is 62.7 Å². The van der Waals surface area contributed by atoms with E-state index in [4.69, 9.17) is 4.74 Å². The predicted octanol–water partition coefficient (Wildman–Crippen LogP) is 2.09. The highest BCUT2D eigenvalue weighted by atomic mass is 19.1. The minimum absolute atomic E-state index is 0.00858. The molecule has 1 unspecified atom stereocenters. The zero-order valence-electron chi connectivity index (χ0n) is 24.6. The van der Waals surface area contributed by atoms with Gasteiger partial charge in [0.15, 0.2) is 0 Å². The Balaban J connectivity index is 1.18. The maximum absolute atomic E-state index is 15.1. The van der Waals surface area contributed by atoms with Crippen molar-refractivity contribution in [3.05, 3.63) is 24.0 Å². The molecule has 3 saturated heterocycles. The van der Waals surface area contributed by atoms with Crippen LogP contribution in [0.3, 0.4) is 0 Å². The number of nitrogens with zero attached hydrogens (tertiary/aromatic N) is 4. The summed E-state index contributed by atoms with van der Waals surface area (Å²) >= 11 is 0. The number of alkyl carbamates (subject to hydrolysis) is 1. The molecule has 41 heavy (non-hydrogen) atoms. The van der Waals surface area contributed by atoms with Crippen LogP contribution in [-0.4, -0.2) is 104 Å². The van der Waals surface area contributed by atoms with Gasteiger partial charge in [-0.15, -0.1) is 0 Å². The number of imide groups is 1. The van der Waals surface area contributed by atoms with Crippen LogP contribution >= 0.6 is 0 Å². The summed E-state index contributed by atoms with van der Waals surface area (Å²) in [7, 11) is 1.73. The average Bonchev–Trinajstić information content (AvgIpc) is 2.91. The van der Waals surface area contributed by atoms with Gasteiger partial charge in [-0.25, -0.2) is 9.18 Å². The molecule has 3 fully saturated rings. The van der Waals surface area contributed by atoms with Crippen molar-refractivity contribution in [1.29, 1.82) is 0 Å². The molecular weight excluding hydrogens is 531 g/mol. The molecule has 0 saturated carbocycles. The molecule has 3 aliphatic heterocycles. The molecule has 2 N–H and O–H groups in total. The van der Waals surface area contributed by atoms with Gasteiger partial charge in [-0.2, -0.15) is 0 Å². The first-order chi connectivity index (χ1) is 19.4. The molecule has 3 heterocycles. The Hall–Kier alpha value is -3.41.